The van der Waals surface area contributed by atoms with E-state index in [1.54, 1.807) is 12.1 Å². The van der Waals surface area contributed by atoms with Crippen LogP contribution in [0.15, 0.2) is 111 Å². The maximum atomic E-state index is 14.2. The molecule has 11 nitrogen and oxygen atoms in total. The summed E-state index contributed by atoms with van der Waals surface area (Å²) in [5.74, 6) is -0.641. The van der Waals surface area contributed by atoms with Gasteiger partial charge in [-0.2, -0.15) is 13.2 Å². The van der Waals surface area contributed by atoms with E-state index in [4.69, 9.17) is 4.74 Å². The lowest BCUT2D eigenvalue weighted by molar-refractivity contribution is -0.0435. The predicted octanol–water partition coefficient (Wildman–Crippen LogP) is 8.38. The first kappa shape index (κ1) is 48.6. The number of carbonyl (C=O) groups excluding carboxylic acids is 1. The normalized spacial score (nSPS) is 18.5. The van der Waals surface area contributed by atoms with Gasteiger partial charge in [-0.25, -0.2) is 21.6 Å². The molecule has 2 saturated heterocycles. The molecule has 2 N–H and O–H groups in total. The lowest BCUT2D eigenvalue weighted by atomic mass is 9.72. The molecule has 63 heavy (non-hydrogen) atoms. The second-order valence-corrected chi connectivity index (χ2v) is 22.0. The Morgan fingerprint density at radius 3 is 2.25 bits per heavy atom. The van der Waals surface area contributed by atoms with Gasteiger partial charge in [-0.1, -0.05) is 63.1 Å². The van der Waals surface area contributed by atoms with Crippen molar-refractivity contribution in [3.8, 4) is 0 Å². The number of carbonyl (C=O) groups is 1. The summed E-state index contributed by atoms with van der Waals surface area (Å²) in [6.07, 6.45) is 5.81. The van der Waals surface area contributed by atoms with Crippen molar-refractivity contribution in [2.45, 2.75) is 85.5 Å². The average Bonchev–Trinajstić information content (AvgIpc) is 3.25. The predicted molar refractivity (Wildman–Crippen MR) is 245 cm³/mol. The van der Waals surface area contributed by atoms with E-state index in [-0.39, 0.29) is 11.0 Å². The molecule has 0 radical (unpaired) electrons. The minimum Gasteiger partial charge on any atom is -0.380 e. The number of hydrogen-bond acceptors (Lipinski definition) is 11. The number of ether oxygens (including phenoxy) is 1. The number of thioether (sulfide) groups is 1. The molecule has 17 heteroatoms. The number of allylic oxidation sites excluding steroid dienone is 2. The molecule has 3 aromatic carbocycles. The maximum absolute atomic E-state index is 14.2. The van der Waals surface area contributed by atoms with Gasteiger partial charge in [0.15, 0.2) is 0 Å². The number of anilines is 2. The Labute approximate surface area is 375 Å². The highest BCUT2D eigenvalue weighted by molar-refractivity contribution is 7.99. The number of hydrogen-bond donors (Lipinski definition) is 2. The Bertz CT molecular complexity index is 2310. The number of alkyl halides is 3. The van der Waals surface area contributed by atoms with Crippen LogP contribution in [0.25, 0.3) is 0 Å². The number of nitrogens with zero attached hydrogens (tertiary/aromatic N) is 3. The minimum atomic E-state index is -6.04. The number of nitrogens with one attached hydrogen (secondary N) is 2. The number of rotatable bonds is 18. The second kappa shape index (κ2) is 21.0. The fourth-order valence-electron chi connectivity index (χ4n) is 8.26. The third-order valence-corrected chi connectivity index (χ3v) is 16.0. The molecular formula is C46H60F3N5O6S3. The van der Waals surface area contributed by atoms with Crippen LogP contribution < -0.4 is 14.9 Å². The van der Waals surface area contributed by atoms with Crippen LogP contribution in [0.5, 0.6) is 0 Å². The van der Waals surface area contributed by atoms with Crippen LogP contribution in [0, 0.1) is 5.41 Å². The van der Waals surface area contributed by atoms with E-state index in [0.29, 0.717) is 51.1 Å². The molecule has 344 valence electrons. The molecule has 0 aromatic heterocycles. The van der Waals surface area contributed by atoms with Crippen LogP contribution in [-0.2, 0) is 24.6 Å². The minimum absolute atomic E-state index is 0.00779. The lowest BCUT2D eigenvalue weighted by Crippen LogP contribution is -2.47. The SMILES string of the molecule is C=C(CCC)C1=C(CN2CCN(c3ccc(C(=O)NS(=O)(=O)c4ccc(N[C@H](CCN5CCOCC5)CSc5ccccc5)c(S(=O)(=O)C(F)(F)F)c4)cc3)CC2)CCC(C)(C)C1. The third-order valence-electron chi connectivity index (χ3n) is 12.0. The molecule has 0 saturated carbocycles. The van der Waals surface area contributed by atoms with Gasteiger partial charge in [0.1, 0.15) is 4.90 Å². The van der Waals surface area contributed by atoms with Gasteiger partial charge in [0.05, 0.1) is 23.8 Å². The zero-order chi connectivity index (χ0) is 45.4. The summed E-state index contributed by atoms with van der Waals surface area (Å²) < 4.78 is 103. The zero-order valence-electron chi connectivity index (χ0n) is 36.4. The molecule has 0 spiro atoms. The quantitative estimate of drug-likeness (QED) is 0.120. The fourth-order valence-corrected chi connectivity index (χ4v) is 11.3. The highest BCUT2D eigenvalue weighted by atomic mass is 32.2. The average molecular weight is 932 g/mol. The van der Waals surface area contributed by atoms with E-state index in [0.717, 1.165) is 87.5 Å². The smallest absolute Gasteiger partial charge is 0.380 e. The molecule has 1 aliphatic carbocycles. The summed E-state index contributed by atoms with van der Waals surface area (Å²) in [5.41, 5.74) is -0.793. The van der Waals surface area contributed by atoms with E-state index < -0.39 is 52.8 Å². The monoisotopic (exact) mass is 931 g/mol. The van der Waals surface area contributed by atoms with Crippen molar-refractivity contribution in [1.29, 1.82) is 0 Å². The number of benzene rings is 3. The van der Waals surface area contributed by atoms with Gasteiger partial charge in [0.25, 0.3) is 25.8 Å². The first-order valence-corrected chi connectivity index (χ1v) is 25.5. The summed E-state index contributed by atoms with van der Waals surface area (Å²) in [6.45, 7) is 18.5. The van der Waals surface area contributed by atoms with E-state index >= 15 is 0 Å². The van der Waals surface area contributed by atoms with E-state index in [2.05, 4.69) is 47.4 Å². The van der Waals surface area contributed by atoms with Gasteiger partial charge >= 0.3 is 5.51 Å². The standard InChI is InChI=1S/C46H60F3N5O6S3/c1-5-9-34(2)41-31-45(3,4)20-18-36(41)32-53-22-24-54(25-23-53)38-14-12-35(13-15-38)44(55)51-63(58,59)40-16-17-42(43(30-40)62(56,57)46(47,48)49)50-37(19-21-52-26-28-60-29-27-52)33-61-39-10-7-6-8-11-39/h6-8,10-17,30,37,50H,2,5,9,18-29,31-33H2,1,3-4H3,(H,51,55)/t37-/m1/s1. The van der Waals surface area contributed by atoms with Crippen molar-refractivity contribution in [2.75, 3.05) is 81.5 Å². The zero-order valence-corrected chi connectivity index (χ0v) is 38.8. The molecule has 3 aliphatic rings. The number of sulfone groups is 1. The molecule has 0 bridgehead atoms. The Balaban J connectivity index is 1.13. The molecule has 1 amide bonds. The van der Waals surface area contributed by atoms with Crippen molar-refractivity contribution < 1.29 is 39.5 Å². The highest BCUT2D eigenvalue weighted by Gasteiger charge is 2.48. The molecule has 0 unspecified atom stereocenters. The van der Waals surface area contributed by atoms with Gasteiger partial charge < -0.3 is 15.0 Å². The number of amides is 1. The van der Waals surface area contributed by atoms with E-state index in [1.165, 1.54) is 40.6 Å². The Morgan fingerprint density at radius 2 is 1.60 bits per heavy atom. The van der Waals surface area contributed by atoms with Crippen molar-refractivity contribution in [3.63, 3.8) is 0 Å². The molecule has 2 heterocycles. The van der Waals surface area contributed by atoms with Crippen molar-refractivity contribution in [3.05, 3.63) is 102 Å². The second-order valence-electron chi connectivity index (χ2n) is 17.3. The maximum Gasteiger partial charge on any atom is 0.501 e. The molecule has 2 aliphatic heterocycles. The molecule has 3 aromatic rings. The Morgan fingerprint density at radius 1 is 0.921 bits per heavy atom. The van der Waals surface area contributed by atoms with Crippen molar-refractivity contribution in [1.82, 2.24) is 14.5 Å². The summed E-state index contributed by atoms with van der Waals surface area (Å²) in [4.78, 5) is 19.0. The fraction of sp³-hybridized carbons (Fsp3) is 0.500. The summed E-state index contributed by atoms with van der Waals surface area (Å²) in [5, 5.41) is 2.99. The van der Waals surface area contributed by atoms with Crippen molar-refractivity contribution in [2.24, 2.45) is 5.41 Å². The van der Waals surface area contributed by atoms with Gasteiger partial charge in [0.2, 0.25) is 0 Å². The first-order chi connectivity index (χ1) is 29.8. The third kappa shape index (κ3) is 12.9. The highest BCUT2D eigenvalue weighted by Crippen LogP contribution is 2.42. The molecule has 6 rings (SSSR count). The van der Waals surface area contributed by atoms with Crippen LogP contribution >= 0.6 is 11.8 Å². The summed E-state index contributed by atoms with van der Waals surface area (Å²) in [7, 11) is -10.9. The Hall–Kier alpha value is -3.87. The topological polar surface area (TPSA) is 128 Å². The summed E-state index contributed by atoms with van der Waals surface area (Å²) >= 11 is 1.45. The number of sulfonamides is 1. The summed E-state index contributed by atoms with van der Waals surface area (Å²) in [6, 6.07) is 17.8. The van der Waals surface area contributed by atoms with Crippen LogP contribution in [0.1, 0.15) is 69.7 Å². The van der Waals surface area contributed by atoms with Gasteiger partial charge in [-0.15, -0.1) is 11.8 Å². The number of piperazine rings is 1. The largest absolute Gasteiger partial charge is 0.501 e. The number of halogens is 3. The van der Waals surface area contributed by atoms with Crippen molar-refractivity contribution >= 4 is 48.9 Å². The molecule has 2 fully saturated rings. The molecule has 1 atom stereocenters. The van der Waals surface area contributed by atoms with Crippen LogP contribution in [0.4, 0.5) is 24.5 Å². The first-order valence-electron chi connectivity index (χ1n) is 21.6. The van der Waals surface area contributed by atoms with Gasteiger partial charge in [0, 0.05) is 80.3 Å². The van der Waals surface area contributed by atoms with E-state index in [9.17, 15) is 34.8 Å². The van der Waals surface area contributed by atoms with Crippen LogP contribution in [0.3, 0.4) is 0 Å². The van der Waals surface area contributed by atoms with Gasteiger partial charge in [-0.3, -0.25) is 14.6 Å². The van der Waals surface area contributed by atoms with Crippen LogP contribution in [-0.4, -0.2) is 115 Å². The van der Waals surface area contributed by atoms with Crippen LogP contribution in [0.2, 0.25) is 0 Å². The Kier molecular flexibility index (Phi) is 16.2. The molecular weight excluding hydrogens is 872 g/mol. The lowest BCUT2D eigenvalue weighted by Gasteiger charge is -2.39. The number of morpholine rings is 1. The van der Waals surface area contributed by atoms with Gasteiger partial charge in [-0.05, 0) is 97.7 Å². The van der Waals surface area contributed by atoms with E-state index in [1.807, 2.05) is 35.1 Å².